The van der Waals surface area contributed by atoms with Crippen LogP contribution in [-0.4, -0.2) is 33.4 Å². The molecule has 1 aliphatic rings. The molecule has 3 aromatic carbocycles. The van der Waals surface area contributed by atoms with Gasteiger partial charge in [0.2, 0.25) is 12.3 Å². The second-order valence-corrected chi connectivity index (χ2v) is 9.23. The molecule has 2 amide bonds. The molecule has 3 atom stereocenters. The van der Waals surface area contributed by atoms with E-state index in [2.05, 4.69) is 35.5 Å². The van der Waals surface area contributed by atoms with Crippen LogP contribution in [0.1, 0.15) is 38.8 Å². The van der Waals surface area contributed by atoms with Gasteiger partial charge in [-0.1, -0.05) is 67.6 Å². The van der Waals surface area contributed by atoms with Crippen LogP contribution in [0.25, 0.3) is 22.4 Å². The van der Waals surface area contributed by atoms with Crippen LogP contribution in [0, 0.1) is 5.92 Å². The Balaban J connectivity index is 1.63. The van der Waals surface area contributed by atoms with E-state index in [1.807, 2.05) is 82.5 Å². The van der Waals surface area contributed by atoms with Crippen molar-refractivity contribution in [3.8, 4) is 22.4 Å². The summed E-state index contributed by atoms with van der Waals surface area (Å²) in [5.41, 5.74) is 6.59. The summed E-state index contributed by atoms with van der Waals surface area (Å²) in [4.78, 5) is 25.5. The highest BCUT2D eigenvalue weighted by Crippen LogP contribution is 2.45. The minimum Gasteiger partial charge on any atom is -0.329 e. The Morgan fingerprint density at radius 2 is 1.72 bits per heavy atom. The van der Waals surface area contributed by atoms with Crippen molar-refractivity contribution >= 4 is 23.7 Å². The van der Waals surface area contributed by atoms with E-state index in [0.29, 0.717) is 6.41 Å². The molecule has 0 fully saturated rings. The van der Waals surface area contributed by atoms with Gasteiger partial charge in [-0.25, -0.2) is 4.68 Å². The maximum Gasteiger partial charge on any atom is 0.224 e. The van der Waals surface area contributed by atoms with Crippen molar-refractivity contribution in [2.75, 3.05) is 10.2 Å². The van der Waals surface area contributed by atoms with Crippen LogP contribution < -0.4 is 10.2 Å². The Morgan fingerprint density at radius 3 is 2.39 bits per heavy atom. The molecule has 1 aromatic heterocycles. The van der Waals surface area contributed by atoms with E-state index in [0.717, 1.165) is 45.7 Å². The zero-order chi connectivity index (χ0) is 25.2. The number of fused-ring (bicyclic) bond motifs is 1. The molecular formula is C29H29N5O2. The highest BCUT2D eigenvalue weighted by molar-refractivity contribution is 5.94. The molecule has 0 spiro atoms. The topological polar surface area (TPSA) is 80.1 Å². The lowest BCUT2D eigenvalue weighted by Crippen LogP contribution is -2.49. The smallest absolute Gasteiger partial charge is 0.224 e. The first-order valence-electron chi connectivity index (χ1n) is 12.2. The van der Waals surface area contributed by atoms with E-state index in [1.54, 1.807) is 6.92 Å². The zero-order valence-electron chi connectivity index (χ0n) is 20.6. The maximum absolute atomic E-state index is 12.8. The van der Waals surface area contributed by atoms with Crippen LogP contribution in [0.2, 0.25) is 0 Å². The molecule has 4 aromatic rings. The number of hydrogen-bond acceptors (Lipinski definition) is 4. The van der Waals surface area contributed by atoms with E-state index < -0.39 is 0 Å². The maximum atomic E-state index is 12.8. The largest absolute Gasteiger partial charge is 0.329 e. The van der Waals surface area contributed by atoms with E-state index in [1.165, 1.54) is 0 Å². The molecule has 0 aliphatic carbocycles. The van der Waals surface area contributed by atoms with Gasteiger partial charge in [0.1, 0.15) is 5.69 Å². The predicted molar refractivity (Wildman–Crippen MR) is 142 cm³/mol. The number of hydrogen-bond donors (Lipinski definition) is 1. The average Bonchev–Trinajstić information content (AvgIpc) is 3.38. The fraction of sp³-hybridized carbons (Fsp3) is 0.241. The van der Waals surface area contributed by atoms with E-state index >= 15 is 0 Å². The van der Waals surface area contributed by atoms with Gasteiger partial charge < -0.3 is 10.2 Å². The molecule has 3 unspecified atom stereocenters. The predicted octanol–water partition coefficient (Wildman–Crippen LogP) is 5.55. The normalized spacial score (nSPS) is 19.0. The molecule has 5 rings (SSSR count). The zero-order valence-corrected chi connectivity index (χ0v) is 20.6. The van der Waals surface area contributed by atoms with Crippen LogP contribution in [-0.2, 0) is 9.59 Å². The highest BCUT2D eigenvalue weighted by atomic mass is 16.2. The second kappa shape index (κ2) is 9.77. The third kappa shape index (κ3) is 4.17. The van der Waals surface area contributed by atoms with E-state index in [4.69, 9.17) is 0 Å². The van der Waals surface area contributed by atoms with Gasteiger partial charge >= 0.3 is 0 Å². The SMILES string of the molecule is CCC1C(C)C(n2cc(-c3ccccc3)nn2)c2cc(-c3ccc(NC=O)cc3)ccc2N1C(C)=O. The van der Waals surface area contributed by atoms with Gasteiger partial charge in [0.05, 0.1) is 12.2 Å². The summed E-state index contributed by atoms with van der Waals surface area (Å²) in [6.07, 6.45) is 3.51. The minimum absolute atomic E-state index is 0.0361. The third-order valence-electron chi connectivity index (χ3n) is 7.11. The lowest BCUT2D eigenvalue weighted by Gasteiger charge is -2.44. The number of amides is 2. The van der Waals surface area contributed by atoms with E-state index in [9.17, 15) is 9.59 Å². The molecule has 36 heavy (non-hydrogen) atoms. The van der Waals surface area contributed by atoms with Crippen molar-refractivity contribution in [3.63, 3.8) is 0 Å². The summed E-state index contributed by atoms with van der Waals surface area (Å²) in [6, 6.07) is 24.0. The Kier molecular flexibility index (Phi) is 6.38. The van der Waals surface area contributed by atoms with Crippen LogP contribution in [0.5, 0.6) is 0 Å². The summed E-state index contributed by atoms with van der Waals surface area (Å²) < 4.78 is 1.95. The number of nitrogens with zero attached hydrogens (tertiary/aromatic N) is 4. The molecular weight excluding hydrogens is 450 g/mol. The molecule has 7 heteroatoms. The monoisotopic (exact) mass is 479 g/mol. The molecule has 0 radical (unpaired) electrons. The fourth-order valence-electron chi connectivity index (χ4n) is 5.42. The Labute approximate surface area is 210 Å². The summed E-state index contributed by atoms with van der Waals surface area (Å²) in [6.45, 7) is 5.95. The summed E-state index contributed by atoms with van der Waals surface area (Å²) in [7, 11) is 0. The lowest BCUT2D eigenvalue weighted by atomic mass is 9.80. The standard InChI is InChI=1S/C29H29N5O2/c1-4-27-19(2)29(33-17-26(31-32-33)22-8-6-5-7-9-22)25-16-23(12-15-28(25)34(27)20(3)36)21-10-13-24(14-11-21)30-18-35/h5-19,27,29H,4H2,1-3H3,(H,30,35). The third-order valence-corrected chi connectivity index (χ3v) is 7.11. The number of rotatable bonds is 6. The molecule has 0 saturated carbocycles. The van der Waals surface area contributed by atoms with Crippen LogP contribution in [0.15, 0.2) is 79.0 Å². The van der Waals surface area contributed by atoms with Crippen molar-refractivity contribution in [2.45, 2.75) is 39.3 Å². The van der Waals surface area contributed by atoms with Crippen molar-refractivity contribution < 1.29 is 9.59 Å². The first-order valence-corrected chi connectivity index (χ1v) is 12.2. The quantitative estimate of drug-likeness (QED) is 0.368. The Morgan fingerprint density at radius 1 is 1.00 bits per heavy atom. The lowest BCUT2D eigenvalue weighted by molar-refractivity contribution is -0.117. The van der Waals surface area contributed by atoms with Crippen LogP contribution in [0.3, 0.4) is 0 Å². The molecule has 1 aliphatic heterocycles. The van der Waals surface area contributed by atoms with Gasteiger partial charge in [0.25, 0.3) is 0 Å². The molecule has 1 N–H and O–H groups in total. The molecule has 0 saturated heterocycles. The average molecular weight is 480 g/mol. The fourth-order valence-corrected chi connectivity index (χ4v) is 5.42. The Hall–Kier alpha value is -4.26. The minimum atomic E-state index is -0.0820. The molecule has 2 heterocycles. The number of carbonyl (C=O) groups is 2. The number of carbonyl (C=O) groups excluding carboxylic acids is 2. The van der Waals surface area contributed by atoms with Gasteiger partial charge in [0, 0.05) is 41.4 Å². The molecule has 7 nitrogen and oxygen atoms in total. The number of aromatic nitrogens is 3. The van der Waals surface area contributed by atoms with Gasteiger partial charge in [-0.2, -0.15) is 0 Å². The van der Waals surface area contributed by atoms with Crippen LogP contribution in [0.4, 0.5) is 11.4 Å². The van der Waals surface area contributed by atoms with Crippen LogP contribution >= 0.6 is 0 Å². The number of nitrogens with one attached hydrogen (secondary N) is 1. The Bertz CT molecular complexity index is 1380. The van der Waals surface area contributed by atoms with Crippen molar-refractivity contribution in [3.05, 3.63) is 84.6 Å². The second-order valence-electron chi connectivity index (χ2n) is 9.23. The molecule has 0 bridgehead atoms. The number of benzene rings is 3. The summed E-state index contributed by atoms with van der Waals surface area (Å²) in [5.74, 6) is 0.153. The van der Waals surface area contributed by atoms with Gasteiger partial charge in [0.15, 0.2) is 0 Å². The molecule has 182 valence electrons. The first kappa shape index (κ1) is 23.5. The summed E-state index contributed by atoms with van der Waals surface area (Å²) >= 11 is 0. The van der Waals surface area contributed by atoms with Crippen molar-refractivity contribution in [2.24, 2.45) is 5.92 Å². The van der Waals surface area contributed by atoms with Gasteiger partial charge in [-0.05, 0) is 41.8 Å². The first-order chi connectivity index (χ1) is 17.5. The summed E-state index contributed by atoms with van der Waals surface area (Å²) in [5, 5.41) is 11.7. The highest BCUT2D eigenvalue weighted by Gasteiger charge is 2.41. The number of anilines is 2. The van der Waals surface area contributed by atoms with Gasteiger partial charge in [-0.15, -0.1) is 5.10 Å². The van der Waals surface area contributed by atoms with Gasteiger partial charge in [-0.3, -0.25) is 9.59 Å². The van der Waals surface area contributed by atoms with Crippen molar-refractivity contribution in [1.29, 1.82) is 0 Å². The van der Waals surface area contributed by atoms with Crippen molar-refractivity contribution in [1.82, 2.24) is 15.0 Å². The van der Waals surface area contributed by atoms with E-state index in [-0.39, 0.29) is 23.9 Å².